The molecule has 0 unspecified atom stereocenters. The Labute approximate surface area is 69.2 Å². The number of carbonyl (C=O) groups is 1. The molecule has 0 fully saturated rings. The summed E-state index contributed by atoms with van der Waals surface area (Å²) >= 11 is 0. The van der Waals surface area contributed by atoms with Gasteiger partial charge in [-0.05, 0) is 0 Å². The molecule has 0 atom stereocenters. The Morgan fingerprint density at radius 2 is 1.62 bits per heavy atom. The number of hydrogen-bond donors (Lipinski definition) is 1. The monoisotopic (exact) mass is 194 g/mol. The van der Waals surface area contributed by atoms with Gasteiger partial charge in [0.25, 0.3) is 11.9 Å². The highest BCUT2D eigenvalue weighted by Crippen LogP contribution is 2.14. The van der Waals surface area contributed by atoms with Crippen molar-refractivity contribution in [3.63, 3.8) is 0 Å². The van der Waals surface area contributed by atoms with E-state index in [9.17, 15) is 22.4 Å². The highest BCUT2D eigenvalue weighted by atomic mass is 19.2. The summed E-state index contributed by atoms with van der Waals surface area (Å²) in [5.74, 6) is -9.47. The van der Waals surface area contributed by atoms with Crippen LogP contribution in [0.25, 0.3) is 0 Å². The van der Waals surface area contributed by atoms with Crippen LogP contribution in [0.1, 0.15) is 10.5 Å². The Bertz CT molecular complexity index is 379. The first kappa shape index (κ1) is 9.43. The third kappa shape index (κ3) is 1.44. The zero-order chi connectivity index (χ0) is 10.2. The molecule has 0 saturated carbocycles. The Morgan fingerprint density at radius 3 is 2.08 bits per heavy atom. The summed E-state index contributed by atoms with van der Waals surface area (Å²) in [6.07, 6.45) is 0. The maximum absolute atomic E-state index is 12.5. The van der Waals surface area contributed by atoms with Crippen molar-refractivity contribution in [2.45, 2.75) is 0 Å². The first-order valence-electron chi connectivity index (χ1n) is 2.95. The molecule has 0 aromatic carbocycles. The van der Waals surface area contributed by atoms with Gasteiger partial charge in [0.15, 0.2) is 11.5 Å². The fourth-order valence-corrected chi connectivity index (χ4v) is 0.650. The number of primary amides is 1. The molecule has 1 rings (SSSR count). The van der Waals surface area contributed by atoms with E-state index in [0.29, 0.717) is 0 Å². The molecule has 2 N–H and O–H groups in total. The van der Waals surface area contributed by atoms with Crippen LogP contribution in [0, 0.1) is 23.4 Å². The van der Waals surface area contributed by atoms with Crippen LogP contribution in [0.4, 0.5) is 17.6 Å². The maximum Gasteiger partial charge on any atom is 0.270 e. The summed E-state index contributed by atoms with van der Waals surface area (Å²) in [6.45, 7) is 0. The van der Waals surface area contributed by atoms with E-state index in [0.717, 1.165) is 0 Å². The van der Waals surface area contributed by atoms with Crippen molar-refractivity contribution in [3.05, 3.63) is 29.1 Å². The van der Waals surface area contributed by atoms with Gasteiger partial charge < -0.3 is 5.73 Å². The molecule has 0 bridgehead atoms. The molecule has 0 saturated heterocycles. The van der Waals surface area contributed by atoms with Gasteiger partial charge >= 0.3 is 0 Å². The van der Waals surface area contributed by atoms with Crippen LogP contribution in [-0.4, -0.2) is 10.9 Å². The molecule has 13 heavy (non-hydrogen) atoms. The maximum atomic E-state index is 12.5. The third-order valence-corrected chi connectivity index (χ3v) is 1.22. The molecule has 70 valence electrons. The summed E-state index contributed by atoms with van der Waals surface area (Å²) < 4.78 is 49.4. The lowest BCUT2D eigenvalue weighted by Gasteiger charge is -1.99. The molecule has 1 aromatic heterocycles. The predicted octanol–water partition coefficient (Wildman–Crippen LogP) is 0.737. The van der Waals surface area contributed by atoms with Crippen LogP contribution >= 0.6 is 0 Å². The van der Waals surface area contributed by atoms with E-state index in [1.54, 1.807) is 0 Å². The molecule has 0 aliphatic rings. The van der Waals surface area contributed by atoms with Crippen molar-refractivity contribution in [1.29, 1.82) is 0 Å². The summed E-state index contributed by atoms with van der Waals surface area (Å²) in [7, 11) is 0. The smallest absolute Gasteiger partial charge is 0.270 e. The van der Waals surface area contributed by atoms with Crippen LogP contribution in [0.2, 0.25) is 0 Å². The fraction of sp³-hybridized carbons (Fsp3) is 0. The van der Waals surface area contributed by atoms with Crippen molar-refractivity contribution in [2.75, 3.05) is 0 Å². The lowest BCUT2D eigenvalue weighted by molar-refractivity contribution is 0.0988. The van der Waals surface area contributed by atoms with E-state index < -0.39 is 35.0 Å². The van der Waals surface area contributed by atoms with Gasteiger partial charge in [-0.3, -0.25) is 4.79 Å². The SMILES string of the molecule is NC(=O)c1nc(F)c(F)c(F)c1F. The largest absolute Gasteiger partial charge is 0.364 e. The number of aromatic nitrogens is 1. The van der Waals surface area contributed by atoms with Crippen molar-refractivity contribution in [3.8, 4) is 0 Å². The summed E-state index contributed by atoms with van der Waals surface area (Å²) in [5, 5.41) is 0. The van der Waals surface area contributed by atoms with Crippen LogP contribution in [0.5, 0.6) is 0 Å². The van der Waals surface area contributed by atoms with Crippen molar-refractivity contribution < 1.29 is 22.4 Å². The molecule has 1 amide bonds. The second kappa shape index (κ2) is 3.00. The van der Waals surface area contributed by atoms with Gasteiger partial charge in [-0.2, -0.15) is 8.78 Å². The molecule has 0 aliphatic carbocycles. The number of carbonyl (C=O) groups excluding carboxylic acids is 1. The highest BCUT2D eigenvalue weighted by Gasteiger charge is 2.23. The van der Waals surface area contributed by atoms with Gasteiger partial charge in [-0.15, -0.1) is 0 Å². The zero-order valence-corrected chi connectivity index (χ0v) is 5.94. The average molecular weight is 194 g/mol. The van der Waals surface area contributed by atoms with E-state index in [1.807, 2.05) is 0 Å². The third-order valence-electron chi connectivity index (χ3n) is 1.22. The van der Waals surface area contributed by atoms with Crippen LogP contribution in [0.3, 0.4) is 0 Å². The van der Waals surface area contributed by atoms with Gasteiger partial charge in [0.05, 0.1) is 0 Å². The minimum atomic E-state index is -2.11. The van der Waals surface area contributed by atoms with Gasteiger partial charge in [-0.25, -0.2) is 13.8 Å². The highest BCUT2D eigenvalue weighted by molar-refractivity contribution is 5.90. The number of nitrogens with zero attached hydrogens (tertiary/aromatic N) is 1. The molecule has 3 nitrogen and oxygen atoms in total. The molecule has 1 aromatic rings. The molecular formula is C6H2F4N2O. The minimum Gasteiger partial charge on any atom is -0.364 e. The molecule has 0 radical (unpaired) electrons. The number of hydrogen-bond acceptors (Lipinski definition) is 2. The van der Waals surface area contributed by atoms with Crippen molar-refractivity contribution in [1.82, 2.24) is 4.98 Å². The average Bonchev–Trinajstić information content (AvgIpc) is 2.07. The topological polar surface area (TPSA) is 56.0 Å². The predicted molar refractivity (Wildman–Crippen MR) is 32.6 cm³/mol. The van der Waals surface area contributed by atoms with Gasteiger partial charge in [0.2, 0.25) is 11.6 Å². The van der Waals surface area contributed by atoms with Crippen LogP contribution < -0.4 is 5.73 Å². The Balaban J connectivity index is 3.50. The summed E-state index contributed by atoms with van der Waals surface area (Å²) in [6, 6.07) is 0. The molecule has 0 spiro atoms. The van der Waals surface area contributed by atoms with E-state index in [4.69, 9.17) is 0 Å². The lowest BCUT2D eigenvalue weighted by atomic mass is 10.3. The zero-order valence-electron chi connectivity index (χ0n) is 5.94. The second-order valence-corrected chi connectivity index (χ2v) is 2.06. The number of amides is 1. The van der Waals surface area contributed by atoms with E-state index in [1.165, 1.54) is 0 Å². The Kier molecular flexibility index (Phi) is 2.18. The quantitative estimate of drug-likeness (QED) is 0.529. The molecule has 1 heterocycles. The van der Waals surface area contributed by atoms with Crippen LogP contribution in [-0.2, 0) is 0 Å². The van der Waals surface area contributed by atoms with Gasteiger partial charge in [0, 0.05) is 0 Å². The van der Waals surface area contributed by atoms with Crippen molar-refractivity contribution in [2.24, 2.45) is 5.73 Å². The van der Waals surface area contributed by atoms with E-state index in [2.05, 4.69) is 10.7 Å². The normalized spacial score (nSPS) is 10.2. The molecular weight excluding hydrogens is 192 g/mol. The summed E-state index contributed by atoms with van der Waals surface area (Å²) in [4.78, 5) is 12.8. The van der Waals surface area contributed by atoms with Crippen molar-refractivity contribution >= 4 is 5.91 Å². The molecule has 7 heteroatoms. The summed E-state index contributed by atoms with van der Waals surface area (Å²) in [5.41, 5.74) is 3.24. The van der Waals surface area contributed by atoms with E-state index in [-0.39, 0.29) is 0 Å². The number of pyridine rings is 1. The van der Waals surface area contributed by atoms with Crippen LogP contribution in [0.15, 0.2) is 0 Å². The number of nitrogens with two attached hydrogens (primary N) is 1. The molecule has 0 aliphatic heterocycles. The fourth-order valence-electron chi connectivity index (χ4n) is 0.650. The van der Waals surface area contributed by atoms with Gasteiger partial charge in [-0.1, -0.05) is 0 Å². The van der Waals surface area contributed by atoms with E-state index >= 15 is 0 Å². The first-order valence-corrected chi connectivity index (χ1v) is 2.95. The Morgan fingerprint density at radius 1 is 1.08 bits per heavy atom. The lowest BCUT2D eigenvalue weighted by Crippen LogP contribution is -2.18. The standard InChI is InChI=1S/C6H2F4N2O/c7-1-2(8)4(6(11)13)12-5(10)3(1)9/h(H2,11,13). The Hall–Kier alpha value is -1.66. The number of halogens is 4. The number of rotatable bonds is 1. The van der Waals surface area contributed by atoms with Gasteiger partial charge in [0.1, 0.15) is 0 Å². The second-order valence-electron chi connectivity index (χ2n) is 2.06. The first-order chi connectivity index (χ1) is 5.95. The minimum absolute atomic E-state index is 1.27.